The van der Waals surface area contributed by atoms with Crippen molar-refractivity contribution in [3.63, 3.8) is 0 Å². The zero-order chi connectivity index (χ0) is 7.68. The SMILES string of the molecule is ClC1=CN2CC=CC=C2C=C1. The Morgan fingerprint density at radius 2 is 2.27 bits per heavy atom. The van der Waals surface area contributed by atoms with Crippen LogP contribution in [0.15, 0.2) is 47.3 Å². The van der Waals surface area contributed by atoms with E-state index in [0.717, 1.165) is 11.6 Å². The lowest BCUT2D eigenvalue weighted by Gasteiger charge is -2.24. The molecule has 0 aliphatic carbocycles. The van der Waals surface area contributed by atoms with Gasteiger partial charge in [-0.05, 0) is 18.2 Å². The molecule has 0 spiro atoms. The Bertz CT molecular complexity index is 284. The van der Waals surface area contributed by atoms with Crippen LogP contribution in [-0.4, -0.2) is 11.4 Å². The van der Waals surface area contributed by atoms with Crippen molar-refractivity contribution in [2.45, 2.75) is 0 Å². The Morgan fingerprint density at radius 3 is 3.18 bits per heavy atom. The maximum absolute atomic E-state index is 5.82. The molecule has 11 heavy (non-hydrogen) atoms. The third-order valence-corrected chi connectivity index (χ3v) is 1.95. The van der Waals surface area contributed by atoms with Gasteiger partial charge in [0.2, 0.25) is 0 Å². The first kappa shape index (κ1) is 6.74. The first-order valence-electron chi connectivity index (χ1n) is 3.55. The second kappa shape index (κ2) is 2.59. The van der Waals surface area contributed by atoms with Gasteiger partial charge in [0.25, 0.3) is 0 Å². The number of rotatable bonds is 0. The highest BCUT2D eigenvalue weighted by Crippen LogP contribution is 2.20. The van der Waals surface area contributed by atoms with Gasteiger partial charge in [0.15, 0.2) is 0 Å². The lowest BCUT2D eigenvalue weighted by Crippen LogP contribution is -2.19. The number of nitrogens with zero attached hydrogens (tertiary/aromatic N) is 1. The summed E-state index contributed by atoms with van der Waals surface area (Å²) in [5, 5.41) is 0.789. The van der Waals surface area contributed by atoms with E-state index in [1.807, 2.05) is 18.4 Å². The van der Waals surface area contributed by atoms with Crippen LogP contribution in [0.2, 0.25) is 0 Å². The van der Waals surface area contributed by atoms with Crippen molar-refractivity contribution < 1.29 is 0 Å². The van der Waals surface area contributed by atoms with E-state index in [1.165, 1.54) is 5.70 Å². The summed E-state index contributed by atoms with van der Waals surface area (Å²) in [7, 11) is 0. The molecule has 0 radical (unpaired) electrons. The number of fused-ring (bicyclic) bond motifs is 1. The van der Waals surface area contributed by atoms with Gasteiger partial charge < -0.3 is 4.90 Å². The van der Waals surface area contributed by atoms with E-state index in [-0.39, 0.29) is 0 Å². The molecule has 1 nitrogen and oxygen atoms in total. The van der Waals surface area contributed by atoms with Crippen molar-refractivity contribution in [1.29, 1.82) is 0 Å². The standard InChI is InChI=1S/C9H8ClN/c10-8-4-5-9-3-1-2-6-11(9)7-8/h1-5,7H,6H2. The minimum Gasteiger partial charge on any atom is -0.343 e. The molecule has 0 atom stereocenters. The molecule has 0 bridgehead atoms. The van der Waals surface area contributed by atoms with Crippen LogP contribution in [0.4, 0.5) is 0 Å². The molecule has 0 amide bonds. The van der Waals surface area contributed by atoms with Crippen molar-refractivity contribution in [2.75, 3.05) is 6.54 Å². The van der Waals surface area contributed by atoms with Crippen LogP contribution in [0, 0.1) is 0 Å². The molecule has 2 heterocycles. The second-order valence-electron chi connectivity index (χ2n) is 2.52. The highest BCUT2D eigenvalue weighted by atomic mass is 35.5. The molecule has 2 heteroatoms. The predicted molar refractivity (Wildman–Crippen MR) is 47.0 cm³/mol. The number of allylic oxidation sites excluding steroid dienone is 5. The third kappa shape index (κ3) is 1.24. The fourth-order valence-electron chi connectivity index (χ4n) is 1.18. The third-order valence-electron chi connectivity index (χ3n) is 1.73. The van der Waals surface area contributed by atoms with Crippen LogP contribution in [0.1, 0.15) is 0 Å². The van der Waals surface area contributed by atoms with Crippen LogP contribution >= 0.6 is 11.6 Å². The van der Waals surface area contributed by atoms with Crippen LogP contribution in [0.25, 0.3) is 0 Å². The van der Waals surface area contributed by atoms with E-state index in [1.54, 1.807) is 0 Å². The van der Waals surface area contributed by atoms with Crippen LogP contribution < -0.4 is 0 Å². The quantitative estimate of drug-likeness (QED) is 0.533. The molecule has 0 saturated heterocycles. The predicted octanol–water partition coefficient (Wildman–Crippen LogP) is 2.39. The van der Waals surface area contributed by atoms with Gasteiger partial charge in [0.1, 0.15) is 0 Å². The van der Waals surface area contributed by atoms with Crippen molar-refractivity contribution >= 4 is 11.6 Å². The molecule has 2 aliphatic heterocycles. The molecular weight excluding hydrogens is 158 g/mol. The molecular formula is C9H8ClN. The minimum absolute atomic E-state index is 0.789. The molecule has 0 unspecified atom stereocenters. The molecule has 0 aromatic heterocycles. The maximum Gasteiger partial charge on any atom is 0.0569 e. The molecule has 0 N–H and O–H groups in total. The molecule has 0 aromatic rings. The van der Waals surface area contributed by atoms with Gasteiger partial charge in [-0.15, -0.1) is 0 Å². The summed E-state index contributed by atoms with van der Waals surface area (Å²) in [5.74, 6) is 0. The highest BCUT2D eigenvalue weighted by Gasteiger charge is 2.08. The van der Waals surface area contributed by atoms with E-state index in [9.17, 15) is 0 Å². The van der Waals surface area contributed by atoms with Crippen LogP contribution in [-0.2, 0) is 0 Å². The van der Waals surface area contributed by atoms with Gasteiger partial charge in [-0.1, -0.05) is 23.8 Å². The topological polar surface area (TPSA) is 3.24 Å². The normalized spacial score (nSPS) is 21.0. The summed E-state index contributed by atoms with van der Waals surface area (Å²) in [6.07, 6.45) is 12.1. The number of hydrogen-bond donors (Lipinski definition) is 0. The Labute approximate surface area is 71.0 Å². The van der Waals surface area contributed by atoms with Crippen molar-refractivity contribution in [3.8, 4) is 0 Å². The largest absolute Gasteiger partial charge is 0.343 e. The average molecular weight is 166 g/mol. The Balaban J connectivity index is 2.33. The Kier molecular flexibility index (Phi) is 1.59. The first-order chi connectivity index (χ1) is 5.36. The van der Waals surface area contributed by atoms with Gasteiger partial charge in [-0.2, -0.15) is 0 Å². The second-order valence-corrected chi connectivity index (χ2v) is 2.96. The van der Waals surface area contributed by atoms with Crippen LogP contribution in [0.3, 0.4) is 0 Å². The molecule has 0 aromatic carbocycles. The summed E-state index contributed by atoms with van der Waals surface area (Å²) >= 11 is 5.82. The molecule has 0 saturated carbocycles. The van der Waals surface area contributed by atoms with Gasteiger partial charge in [0.05, 0.1) is 5.03 Å². The van der Waals surface area contributed by atoms with Gasteiger partial charge in [-0.25, -0.2) is 0 Å². The Morgan fingerprint density at radius 1 is 1.36 bits per heavy atom. The van der Waals surface area contributed by atoms with Crippen LogP contribution in [0.5, 0.6) is 0 Å². The zero-order valence-electron chi connectivity index (χ0n) is 6.00. The summed E-state index contributed by atoms with van der Waals surface area (Å²) in [6, 6.07) is 0. The molecule has 2 aliphatic rings. The average Bonchev–Trinajstić information content (AvgIpc) is 2.04. The van der Waals surface area contributed by atoms with Crippen molar-refractivity contribution in [1.82, 2.24) is 4.90 Å². The van der Waals surface area contributed by atoms with E-state index in [2.05, 4.69) is 23.1 Å². The van der Waals surface area contributed by atoms with Crippen molar-refractivity contribution in [3.05, 3.63) is 47.3 Å². The first-order valence-corrected chi connectivity index (χ1v) is 3.93. The Hall–Kier alpha value is -0.950. The van der Waals surface area contributed by atoms with Gasteiger partial charge in [0, 0.05) is 18.4 Å². The fourth-order valence-corrected chi connectivity index (χ4v) is 1.36. The summed E-state index contributed by atoms with van der Waals surface area (Å²) in [4.78, 5) is 2.11. The summed E-state index contributed by atoms with van der Waals surface area (Å²) in [5.41, 5.74) is 1.21. The van der Waals surface area contributed by atoms with E-state index >= 15 is 0 Å². The molecule has 0 fully saturated rings. The lowest BCUT2D eigenvalue weighted by atomic mass is 10.2. The van der Waals surface area contributed by atoms with Crippen molar-refractivity contribution in [2.24, 2.45) is 0 Å². The lowest BCUT2D eigenvalue weighted by molar-refractivity contribution is 0.522. The maximum atomic E-state index is 5.82. The molecule has 2 rings (SSSR count). The minimum atomic E-state index is 0.789. The zero-order valence-corrected chi connectivity index (χ0v) is 6.75. The molecule has 56 valence electrons. The smallest absolute Gasteiger partial charge is 0.0569 e. The number of halogens is 1. The van der Waals surface area contributed by atoms with Gasteiger partial charge >= 0.3 is 0 Å². The van der Waals surface area contributed by atoms with E-state index < -0.39 is 0 Å². The highest BCUT2D eigenvalue weighted by molar-refractivity contribution is 6.31. The van der Waals surface area contributed by atoms with Gasteiger partial charge in [-0.3, -0.25) is 0 Å². The monoisotopic (exact) mass is 165 g/mol. The summed E-state index contributed by atoms with van der Waals surface area (Å²) in [6.45, 7) is 0.923. The fraction of sp³-hybridized carbons (Fsp3) is 0.111. The van der Waals surface area contributed by atoms with E-state index in [4.69, 9.17) is 11.6 Å². The van der Waals surface area contributed by atoms with E-state index in [0.29, 0.717) is 0 Å². The summed E-state index contributed by atoms with van der Waals surface area (Å²) < 4.78 is 0. The number of hydrogen-bond acceptors (Lipinski definition) is 1.